The minimum absolute atomic E-state index is 0.0257. The molecule has 0 bridgehead atoms. The standard InChI is InChI=1S/C10H14ClN3O3/c1-3-17-6-9-13-7(11)4-8(14-9)12-5-10(15)16-2/h4H,3,5-6H2,1-2H3,(H,12,13,14). The van der Waals surface area contributed by atoms with Gasteiger partial charge in [0.15, 0.2) is 5.82 Å². The molecule has 94 valence electrons. The molecular weight excluding hydrogens is 246 g/mol. The summed E-state index contributed by atoms with van der Waals surface area (Å²) in [6, 6.07) is 1.53. The lowest BCUT2D eigenvalue weighted by Gasteiger charge is -2.06. The lowest BCUT2D eigenvalue weighted by Crippen LogP contribution is -2.16. The highest BCUT2D eigenvalue weighted by Crippen LogP contribution is 2.11. The summed E-state index contributed by atoms with van der Waals surface area (Å²) in [6.45, 7) is 2.75. The second-order valence-corrected chi connectivity index (χ2v) is 3.45. The molecule has 7 heteroatoms. The van der Waals surface area contributed by atoms with Crippen LogP contribution in [0.4, 0.5) is 5.82 Å². The van der Waals surface area contributed by atoms with E-state index in [4.69, 9.17) is 16.3 Å². The fraction of sp³-hybridized carbons (Fsp3) is 0.500. The number of rotatable bonds is 6. The Labute approximate surface area is 104 Å². The van der Waals surface area contributed by atoms with Crippen molar-refractivity contribution in [1.82, 2.24) is 9.97 Å². The van der Waals surface area contributed by atoms with E-state index in [1.807, 2.05) is 6.92 Å². The molecule has 0 unspecified atom stereocenters. The average Bonchev–Trinajstić information content (AvgIpc) is 2.32. The fourth-order valence-electron chi connectivity index (χ4n) is 1.05. The Kier molecular flexibility index (Phi) is 5.65. The predicted molar refractivity (Wildman–Crippen MR) is 62.9 cm³/mol. The highest BCUT2D eigenvalue weighted by Gasteiger charge is 2.05. The lowest BCUT2D eigenvalue weighted by atomic mass is 10.5. The van der Waals surface area contributed by atoms with Gasteiger partial charge in [-0.05, 0) is 6.92 Å². The number of methoxy groups -OCH3 is 1. The third-order valence-corrected chi connectivity index (χ3v) is 2.01. The van der Waals surface area contributed by atoms with Crippen LogP contribution >= 0.6 is 11.6 Å². The highest BCUT2D eigenvalue weighted by atomic mass is 35.5. The van der Waals surface area contributed by atoms with Gasteiger partial charge in [0.1, 0.15) is 24.1 Å². The number of hydrogen-bond acceptors (Lipinski definition) is 6. The number of carbonyl (C=O) groups is 1. The Balaban J connectivity index is 2.65. The van der Waals surface area contributed by atoms with Crippen LogP contribution in [0.1, 0.15) is 12.7 Å². The molecule has 1 N–H and O–H groups in total. The highest BCUT2D eigenvalue weighted by molar-refractivity contribution is 6.29. The Morgan fingerprint density at radius 2 is 2.29 bits per heavy atom. The molecule has 0 atom stereocenters. The Morgan fingerprint density at radius 1 is 1.53 bits per heavy atom. The fourth-order valence-corrected chi connectivity index (χ4v) is 1.25. The number of anilines is 1. The van der Waals surface area contributed by atoms with Crippen molar-refractivity contribution in [2.24, 2.45) is 0 Å². The van der Waals surface area contributed by atoms with Gasteiger partial charge in [-0.2, -0.15) is 0 Å². The van der Waals surface area contributed by atoms with Crippen LogP contribution in [0.25, 0.3) is 0 Å². The van der Waals surface area contributed by atoms with Crippen molar-refractivity contribution < 1.29 is 14.3 Å². The number of hydrogen-bond donors (Lipinski definition) is 1. The maximum absolute atomic E-state index is 10.9. The van der Waals surface area contributed by atoms with Gasteiger partial charge in [-0.25, -0.2) is 9.97 Å². The Bertz CT molecular complexity index is 387. The van der Waals surface area contributed by atoms with Crippen LogP contribution < -0.4 is 5.32 Å². The molecular formula is C10H14ClN3O3. The summed E-state index contributed by atoms with van der Waals surface area (Å²) in [7, 11) is 1.32. The van der Waals surface area contributed by atoms with E-state index in [0.717, 1.165) is 0 Å². The zero-order valence-electron chi connectivity index (χ0n) is 9.70. The molecule has 1 aromatic rings. The first kappa shape index (κ1) is 13.7. The van der Waals surface area contributed by atoms with E-state index in [0.29, 0.717) is 23.4 Å². The van der Waals surface area contributed by atoms with Gasteiger partial charge in [-0.1, -0.05) is 11.6 Å². The second kappa shape index (κ2) is 7.03. The zero-order valence-corrected chi connectivity index (χ0v) is 10.5. The van der Waals surface area contributed by atoms with E-state index in [1.165, 1.54) is 13.2 Å². The van der Waals surface area contributed by atoms with E-state index in [9.17, 15) is 4.79 Å². The van der Waals surface area contributed by atoms with Gasteiger partial charge in [0.25, 0.3) is 0 Å². The smallest absolute Gasteiger partial charge is 0.325 e. The Hall–Kier alpha value is -1.40. The molecule has 17 heavy (non-hydrogen) atoms. The summed E-state index contributed by atoms with van der Waals surface area (Å²) in [4.78, 5) is 19.1. The largest absolute Gasteiger partial charge is 0.468 e. The van der Waals surface area contributed by atoms with Gasteiger partial charge in [-0.15, -0.1) is 0 Å². The van der Waals surface area contributed by atoms with Crippen LogP contribution in [-0.4, -0.2) is 36.2 Å². The molecule has 0 fully saturated rings. The number of aromatic nitrogens is 2. The summed E-state index contributed by atoms with van der Waals surface area (Å²) in [5, 5.41) is 3.08. The van der Waals surface area contributed by atoms with Crippen molar-refractivity contribution in [3.05, 3.63) is 17.0 Å². The average molecular weight is 260 g/mol. The quantitative estimate of drug-likeness (QED) is 0.612. The summed E-state index contributed by atoms with van der Waals surface area (Å²) in [6.07, 6.45) is 0. The van der Waals surface area contributed by atoms with Crippen molar-refractivity contribution in [2.45, 2.75) is 13.5 Å². The molecule has 0 spiro atoms. The van der Waals surface area contributed by atoms with E-state index in [-0.39, 0.29) is 19.1 Å². The minimum Gasteiger partial charge on any atom is -0.468 e. The molecule has 0 amide bonds. The minimum atomic E-state index is -0.383. The van der Waals surface area contributed by atoms with Crippen molar-refractivity contribution in [2.75, 3.05) is 25.6 Å². The van der Waals surface area contributed by atoms with Crippen LogP contribution in [0, 0.1) is 0 Å². The third kappa shape index (κ3) is 4.97. The van der Waals surface area contributed by atoms with Crippen molar-refractivity contribution in [1.29, 1.82) is 0 Å². The number of esters is 1. The molecule has 0 aliphatic rings. The number of ether oxygens (including phenoxy) is 2. The number of halogens is 1. The lowest BCUT2D eigenvalue weighted by molar-refractivity contribution is -0.138. The normalized spacial score (nSPS) is 10.1. The molecule has 1 heterocycles. The monoisotopic (exact) mass is 259 g/mol. The number of carbonyl (C=O) groups excluding carboxylic acids is 1. The number of nitrogens with one attached hydrogen (secondary N) is 1. The molecule has 0 saturated carbocycles. The summed E-state index contributed by atoms with van der Waals surface area (Å²) in [5.41, 5.74) is 0. The van der Waals surface area contributed by atoms with E-state index in [2.05, 4.69) is 20.0 Å². The first-order valence-electron chi connectivity index (χ1n) is 5.07. The van der Waals surface area contributed by atoms with Crippen LogP contribution in [0.3, 0.4) is 0 Å². The molecule has 1 rings (SSSR count). The van der Waals surface area contributed by atoms with Crippen LogP contribution in [0.15, 0.2) is 6.07 Å². The second-order valence-electron chi connectivity index (χ2n) is 3.06. The maximum atomic E-state index is 10.9. The summed E-state index contributed by atoms with van der Waals surface area (Å²) >= 11 is 5.82. The van der Waals surface area contributed by atoms with E-state index in [1.54, 1.807) is 0 Å². The van der Waals surface area contributed by atoms with Crippen molar-refractivity contribution in [3.63, 3.8) is 0 Å². The van der Waals surface area contributed by atoms with Crippen molar-refractivity contribution in [3.8, 4) is 0 Å². The predicted octanol–water partition coefficient (Wildman–Crippen LogP) is 1.25. The van der Waals surface area contributed by atoms with Gasteiger partial charge in [-0.3, -0.25) is 4.79 Å². The van der Waals surface area contributed by atoms with E-state index < -0.39 is 0 Å². The SMILES string of the molecule is CCOCc1nc(Cl)cc(NCC(=O)OC)n1. The Morgan fingerprint density at radius 3 is 2.94 bits per heavy atom. The van der Waals surface area contributed by atoms with Gasteiger partial charge in [0, 0.05) is 12.7 Å². The summed E-state index contributed by atoms with van der Waals surface area (Å²) in [5.74, 6) is 0.544. The number of nitrogens with zero attached hydrogens (tertiary/aromatic N) is 2. The molecule has 0 aliphatic heterocycles. The molecule has 0 saturated heterocycles. The van der Waals surface area contributed by atoms with Crippen LogP contribution in [0.2, 0.25) is 5.15 Å². The van der Waals surface area contributed by atoms with Crippen LogP contribution in [0.5, 0.6) is 0 Å². The van der Waals surface area contributed by atoms with Gasteiger partial charge >= 0.3 is 5.97 Å². The molecule has 0 aliphatic carbocycles. The van der Waals surface area contributed by atoms with Gasteiger partial charge in [0.2, 0.25) is 0 Å². The van der Waals surface area contributed by atoms with Gasteiger partial charge < -0.3 is 14.8 Å². The van der Waals surface area contributed by atoms with Crippen LogP contribution in [-0.2, 0) is 20.9 Å². The first-order valence-corrected chi connectivity index (χ1v) is 5.45. The van der Waals surface area contributed by atoms with E-state index >= 15 is 0 Å². The van der Waals surface area contributed by atoms with Gasteiger partial charge in [0.05, 0.1) is 7.11 Å². The first-order chi connectivity index (χ1) is 8.15. The third-order valence-electron chi connectivity index (χ3n) is 1.82. The maximum Gasteiger partial charge on any atom is 0.325 e. The zero-order chi connectivity index (χ0) is 12.7. The molecule has 0 radical (unpaired) electrons. The van der Waals surface area contributed by atoms with Crippen molar-refractivity contribution >= 4 is 23.4 Å². The molecule has 1 aromatic heterocycles. The molecule has 0 aromatic carbocycles. The molecule has 6 nitrogen and oxygen atoms in total. The topological polar surface area (TPSA) is 73.3 Å². The summed E-state index contributed by atoms with van der Waals surface area (Å²) < 4.78 is 9.67.